The fourth-order valence-corrected chi connectivity index (χ4v) is 5.46. The van der Waals surface area contributed by atoms with E-state index in [0.717, 1.165) is 10.3 Å². The average molecular weight is 451 g/mol. The summed E-state index contributed by atoms with van der Waals surface area (Å²) in [7, 11) is 0. The number of thiophene rings is 1. The molecule has 3 heterocycles. The molecule has 2 aromatic carbocycles. The molecular weight excluding hydrogens is 435 g/mol. The van der Waals surface area contributed by atoms with Gasteiger partial charge in [0.1, 0.15) is 5.82 Å². The number of thiazole rings is 1. The number of aliphatic hydroxyl groups is 1. The zero-order valence-electron chi connectivity index (χ0n) is 16.2. The Morgan fingerprint density at radius 1 is 1.16 bits per heavy atom. The van der Waals surface area contributed by atoms with Crippen LogP contribution in [0.3, 0.4) is 0 Å². The quantitative estimate of drug-likeness (QED) is 0.412. The number of carbonyl (C=O) groups excluding carboxylic acids is 2. The third kappa shape index (κ3) is 3.24. The lowest BCUT2D eigenvalue weighted by Gasteiger charge is -2.24. The van der Waals surface area contributed by atoms with Crippen molar-refractivity contribution in [3.63, 3.8) is 0 Å². The fourth-order valence-electron chi connectivity index (χ4n) is 3.69. The number of hydrogen-bond donors (Lipinski definition) is 1. The van der Waals surface area contributed by atoms with Gasteiger partial charge in [-0.1, -0.05) is 35.6 Å². The Balaban J connectivity index is 1.70. The minimum Gasteiger partial charge on any atom is -0.503 e. The van der Waals surface area contributed by atoms with Crippen LogP contribution in [0.25, 0.3) is 10.2 Å². The third-order valence-corrected chi connectivity index (χ3v) is 6.99. The van der Waals surface area contributed by atoms with Crippen LogP contribution in [0.2, 0.25) is 0 Å². The summed E-state index contributed by atoms with van der Waals surface area (Å²) in [5.41, 5.74) is 2.06. The summed E-state index contributed by atoms with van der Waals surface area (Å²) in [6.07, 6.45) is 0. The first-order chi connectivity index (χ1) is 14.9. The van der Waals surface area contributed by atoms with Crippen LogP contribution in [-0.2, 0) is 4.79 Å². The van der Waals surface area contributed by atoms with Gasteiger partial charge in [-0.2, -0.15) is 0 Å². The molecule has 0 radical (unpaired) electrons. The van der Waals surface area contributed by atoms with Crippen LogP contribution in [0.4, 0.5) is 9.52 Å². The van der Waals surface area contributed by atoms with Crippen LogP contribution in [-0.4, -0.2) is 21.8 Å². The topological polar surface area (TPSA) is 70.5 Å². The highest BCUT2D eigenvalue weighted by Gasteiger charge is 2.46. The maximum absolute atomic E-state index is 14.1. The van der Waals surface area contributed by atoms with Crippen molar-refractivity contribution in [2.24, 2.45) is 0 Å². The molecule has 0 bridgehead atoms. The lowest BCUT2D eigenvalue weighted by Crippen LogP contribution is -2.31. The minimum absolute atomic E-state index is 0.0755. The molecule has 2 aromatic heterocycles. The smallest absolute Gasteiger partial charge is 0.296 e. The summed E-state index contributed by atoms with van der Waals surface area (Å²) >= 11 is 2.49. The molecular formula is C23H15FN2O3S2. The number of halogens is 1. The van der Waals surface area contributed by atoms with Crippen LogP contribution in [0.1, 0.15) is 26.8 Å². The molecule has 154 valence electrons. The molecule has 0 saturated heterocycles. The van der Waals surface area contributed by atoms with Gasteiger partial charge in [0.15, 0.2) is 10.9 Å². The maximum atomic E-state index is 14.1. The highest BCUT2D eigenvalue weighted by Crippen LogP contribution is 2.44. The number of Topliss-reactive ketones (excluding diaryl/α,β-unsaturated/α-hetero) is 1. The molecule has 5 rings (SSSR count). The molecule has 1 N–H and O–H groups in total. The second-order valence-corrected chi connectivity index (χ2v) is 9.13. The number of aromatic nitrogens is 1. The predicted octanol–water partition coefficient (Wildman–Crippen LogP) is 5.59. The minimum atomic E-state index is -0.987. The highest BCUT2D eigenvalue weighted by molar-refractivity contribution is 7.22. The van der Waals surface area contributed by atoms with Gasteiger partial charge < -0.3 is 5.11 Å². The summed E-state index contributed by atoms with van der Waals surface area (Å²) in [6, 6.07) is 13.8. The number of aliphatic hydroxyl groups excluding tert-OH is 1. The molecule has 1 atom stereocenters. The normalized spacial score (nSPS) is 16.5. The van der Waals surface area contributed by atoms with Crippen molar-refractivity contribution in [3.8, 4) is 0 Å². The Hall–Kier alpha value is -3.36. The summed E-state index contributed by atoms with van der Waals surface area (Å²) in [4.78, 5) is 32.6. The predicted molar refractivity (Wildman–Crippen MR) is 119 cm³/mol. The Labute approximate surface area is 184 Å². The number of benzene rings is 2. The first-order valence-corrected chi connectivity index (χ1v) is 11.1. The van der Waals surface area contributed by atoms with E-state index >= 15 is 0 Å². The molecule has 4 aromatic rings. The summed E-state index contributed by atoms with van der Waals surface area (Å²) < 4.78 is 15.0. The van der Waals surface area contributed by atoms with Gasteiger partial charge in [0.2, 0.25) is 5.78 Å². The number of amides is 1. The fraction of sp³-hybridized carbons (Fsp3) is 0.0870. The van der Waals surface area contributed by atoms with Crippen molar-refractivity contribution >= 4 is 49.7 Å². The molecule has 1 aliphatic heterocycles. The molecule has 0 saturated carbocycles. The van der Waals surface area contributed by atoms with Crippen LogP contribution in [0.5, 0.6) is 0 Å². The second kappa shape index (κ2) is 7.40. The number of nitrogens with zero attached hydrogens (tertiary/aromatic N) is 2. The van der Waals surface area contributed by atoms with Crippen molar-refractivity contribution < 1.29 is 19.1 Å². The average Bonchev–Trinajstić information content (AvgIpc) is 3.46. The molecule has 1 unspecified atom stereocenters. The number of fused-ring (bicyclic) bond motifs is 1. The lowest BCUT2D eigenvalue weighted by atomic mass is 9.95. The number of ketones is 1. The van der Waals surface area contributed by atoms with E-state index in [4.69, 9.17) is 0 Å². The first-order valence-electron chi connectivity index (χ1n) is 9.41. The van der Waals surface area contributed by atoms with E-state index in [-0.39, 0.29) is 5.57 Å². The van der Waals surface area contributed by atoms with Crippen LogP contribution in [0.15, 0.2) is 71.3 Å². The van der Waals surface area contributed by atoms with Crippen molar-refractivity contribution in [1.82, 2.24) is 4.98 Å². The number of hydrogen-bond acceptors (Lipinski definition) is 6. The number of carbonyl (C=O) groups is 2. The summed E-state index contributed by atoms with van der Waals surface area (Å²) in [6.45, 7) is 1.96. The number of aryl methyl sites for hydroxylation is 1. The standard InChI is InChI=1S/C23H15FN2O3S2/c1-12-7-8-15-17(10-12)31-23(25-15)26-19(13-4-2-5-14(24)11-13)18(21(28)22(26)29)20(27)16-6-3-9-30-16/h2-11,19,28H,1H3. The van der Waals surface area contributed by atoms with Gasteiger partial charge in [-0.25, -0.2) is 9.37 Å². The molecule has 1 amide bonds. The van der Waals surface area contributed by atoms with E-state index in [1.165, 1.54) is 45.8 Å². The Bertz CT molecular complexity index is 1370. The molecule has 5 nitrogen and oxygen atoms in total. The molecule has 1 aliphatic rings. The molecule has 0 spiro atoms. The van der Waals surface area contributed by atoms with E-state index in [9.17, 15) is 19.1 Å². The van der Waals surface area contributed by atoms with E-state index < -0.39 is 29.3 Å². The van der Waals surface area contributed by atoms with Gasteiger partial charge in [0.25, 0.3) is 5.91 Å². The Kier molecular flexibility index (Phi) is 4.68. The largest absolute Gasteiger partial charge is 0.503 e. The third-order valence-electron chi connectivity index (χ3n) is 5.10. The zero-order valence-corrected chi connectivity index (χ0v) is 17.8. The first kappa shape index (κ1) is 19.6. The maximum Gasteiger partial charge on any atom is 0.296 e. The van der Waals surface area contributed by atoms with Crippen molar-refractivity contribution in [2.75, 3.05) is 4.90 Å². The van der Waals surface area contributed by atoms with Crippen molar-refractivity contribution in [1.29, 1.82) is 0 Å². The van der Waals surface area contributed by atoms with Gasteiger partial charge in [0, 0.05) is 0 Å². The number of rotatable bonds is 4. The summed E-state index contributed by atoms with van der Waals surface area (Å²) in [5.74, 6) is -2.33. The van der Waals surface area contributed by atoms with Gasteiger partial charge in [-0.15, -0.1) is 11.3 Å². The SMILES string of the molecule is Cc1ccc2nc(N3C(=O)C(O)=C(C(=O)c4cccs4)C3c3cccc(F)c3)sc2c1. The monoisotopic (exact) mass is 450 g/mol. The molecule has 0 aliphatic carbocycles. The van der Waals surface area contributed by atoms with E-state index in [1.807, 2.05) is 25.1 Å². The molecule has 31 heavy (non-hydrogen) atoms. The van der Waals surface area contributed by atoms with Gasteiger partial charge in [0.05, 0.1) is 26.7 Å². The lowest BCUT2D eigenvalue weighted by molar-refractivity contribution is -0.117. The van der Waals surface area contributed by atoms with Crippen molar-refractivity contribution in [2.45, 2.75) is 13.0 Å². The van der Waals surface area contributed by atoms with Gasteiger partial charge >= 0.3 is 0 Å². The van der Waals surface area contributed by atoms with Crippen LogP contribution in [0, 0.1) is 12.7 Å². The summed E-state index contributed by atoms with van der Waals surface area (Å²) in [5, 5.41) is 12.8. The van der Waals surface area contributed by atoms with Gasteiger partial charge in [-0.3, -0.25) is 14.5 Å². The highest BCUT2D eigenvalue weighted by atomic mass is 32.1. The van der Waals surface area contributed by atoms with Crippen LogP contribution < -0.4 is 4.90 Å². The van der Waals surface area contributed by atoms with Gasteiger partial charge in [-0.05, 0) is 53.8 Å². The molecule has 8 heteroatoms. The van der Waals surface area contributed by atoms with E-state index in [1.54, 1.807) is 23.6 Å². The second-order valence-electron chi connectivity index (χ2n) is 7.17. The number of anilines is 1. The van der Waals surface area contributed by atoms with Crippen LogP contribution >= 0.6 is 22.7 Å². The zero-order chi connectivity index (χ0) is 21.7. The molecule has 0 fully saturated rings. The van der Waals surface area contributed by atoms with E-state index in [2.05, 4.69) is 4.98 Å². The van der Waals surface area contributed by atoms with E-state index in [0.29, 0.717) is 21.1 Å². The van der Waals surface area contributed by atoms with Crippen molar-refractivity contribution in [3.05, 3.63) is 93.1 Å². The Morgan fingerprint density at radius 3 is 2.74 bits per heavy atom. The Morgan fingerprint density at radius 2 is 2.00 bits per heavy atom.